The van der Waals surface area contributed by atoms with E-state index < -0.39 is 10.0 Å². The van der Waals surface area contributed by atoms with E-state index in [0.29, 0.717) is 15.1 Å². The molecule has 0 unspecified atom stereocenters. The van der Waals surface area contributed by atoms with Gasteiger partial charge in [-0.05, 0) is 52.3 Å². The summed E-state index contributed by atoms with van der Waals surface area (Å²) in [5, 5.41) is 3.12. The zero-order valence-corrected chi connectivity index (χ0v) is 15.1. The first-order valence-electron chi connectivity index (χ1n) is 6.68. The number of amides is 1. The van der Waals surface area contributed by atoms with Gasteiger partial charge in [-0.25, -0.2) is 13.1 Å². The number of hydrogen-bond acceptors (Lipinski definition) is 3. The Hall–Kier alpha value is -1.41. The van der Waals surface area contributed by atoms with Crippen LogP contribution in [0.5, 0.6) is 0 Å². The minimum atomic E-state index is -3.62. The van der Waals surface area contributed by atoms with Crippen LogP contribution in [0.25, 0.3) is 0 Å². The molecule has 122 valence electrons. The van der Waals surface area contributed by atoms with Gasteiger partial charge in [-0.2, -0.15) is 0 Å². The normalized spacial score (nSPS) is 11.2. The van der Waals surface area contributed by atoms with Crippen LogP contribution >= 0.6 is 27.5 Å². The van der Waals surface area contributed by atoms with Crippen molar-refractivity contribution in [2.24, 2.45) is 0 Å². The molecule has 0 aliphatic heterocycles. The fourth-order valence-corrected chi connectivity index (χ4v) is 3.42. The molecule has 0 saturated carbocycles. The number of rotatable bonds is 6. The number of carbonyl (C=O) groups is 1. The molecule has 0 atom stereocenters. The lowest BCUT2D eigenvalue weighted by Crippen LogP contribution is -2.34. The maximum absolute atomic E-state index is 12.0. The second kappa shape index (κ2) is 7.92. The lowest BCUT2D eigenvalue weighted by atomic mass is 10.2. The van der Waals surface area contributed by atoms with Crippen molar-refractivity contribution in [3.8, 4) is 0 Å². The van der Waals surface area contributed by atoms with Gasteiger partial charge < -0.3 is 5.32 Å². The standard InChI is InChI=1S/C15H14BrClN2O3S/c16-14-4-2-1-3-13(14)15(20)18-9-10-19-23(21,22)12-7-5-11(17)6-8-12/h1-8,19H,9-10H2,(H,18,20). The van der Waals surface area contributed by atoms with Crippen LogP contribution in [0.3, 0.4) is 0 Å². The highest BCUT2D eigenvalue weighted by atomic mass is 79.9. The Morgan fingerprint density at radius 1 is 1.04 bits per heavy atom. The highest BCUT2D eigenvalue weighted by Gasteiger charge is 2.13. The molecule has 1 amide bonds. The summed E-state index contributed by atoms with van der Waals surface area (Å²) in [4.78, 5) is 12.1. The third-order valence-electron chi connectivity index (χ3n) is 2.95. The van der Waals surface area contributed by atoms with Crippen molar-refractivity contribution in [1.82, 2.24) is 10.0 Å². The van der Waals surface area contributed by atoms with Gasteiger partial charge in [-0.15, -0.1) is 0 Å². The first kappa shape index (κ1) is 17.9. The summed E-state index contributed by atoms with van der Waals surface area (Å²) in [5.41, 5.74) is 0.494. The number of nitrogens with one attached hydrogen (secondary N) is 2. The first-order valence-corrected chi connectivity index (χ1v) is 9.33. The van der Waals surface area contributed by atoms with E-state index in [4.69, 9.17) is 11.6 Å². The number of halogens is 2. The van der Waals surface area contributed by atoms with Gasteiger partial charge in [-0.1, -0.05) is 23.7 Å². The molecule has 0 aromatic heterocycles. The lowest BCUT2D eigenvalue weighted by Gasteiger charge is -2.09. The third kappa shape index (κ3) is 5.04. The van der Waals surface area contributed by atoms with Gasteiger partial charge in [0.2, 0.25) is 10.0 Å². The Kier molecular flexibility index (Phi) is 6.17. The van der Waals surface area contributed by atoms with Gasteiger partial charge in [0, 0.05) is 22.6 Å². The molecule has 0 radical (unpaired) electrons. The smallest absolute Gasteiger partial charge is 0.252 e. The summed E-state index contributed by atoms with van der Waals surface area (Å²) in [6.07, 6.45) is 0. The van der Waals surface area contributed by atoms with Crippen LogP contribution in [0.2, 0.25) is 5.02 Å². The van der Waals surface area contributed by atoms with Crippen LogP contribution in [0.15, 0.2) is 57.9 Å². The predicted molar refractivity (Wildman–Crippen MR) is 93.1 cm³/mol. The molecule has 0 saturated heterocycles. The molecule has 2 rings (SSSR count). The lowest BCUT2D eigenvalue weighted by molar-refractivity contribution is 0.0953. The summed E-state index contributed by atoms with van der Waals surface area (Å²) in [6, 6.07) is 12.9. The molecule has 0 aliphatic rings. The zero-order valence-electron chi connectivity index (χ0n) is 11.9. The molecule has 2 N–H and O–H groups in total. The van der Waals surface area contributed by atoms with Crippen molar-refractivity contribution in [1.29, 1.82) is 0 Å². The van der Waals surface area contributed by atoms with Crippen molar-refractivity contribution in [2.75, 3.05) is 13.1 Å². The zero-order chi connectivity index (χ0) is 16.9. The van der Waals surface area contributed by atoms with E-state index in [-0.39, 0.29) is 23.9 Å². The largest absolute Gasteiger partial charge is 0.351 e. The van der Waals surface area contributed by atoms with Gasteiger partial charge in [0.1, 0.15) is 0 Å². The first-order chi connectivity index (χ1) is 10.9. The van der Waals surface area contributed by atoms with E-state index in [9.17, 15) is 13.2 Å². The summed E-state index contributed by atoms with van der Waals surface area (Å²) in [6.45, 7) is 0.258. The van der Waals surface area contributed by atoms with Crippen LogP contribution in [0.1, 0.15) is 10.4 Å². The number of sulfonamides is 1. The molecular weight excluding hydrogens is 404 g/mol. The van der Waals surface area contributed by atoms with E-state index in [1.54, 1.807) is 24.3 Å². The molecule has 0 aliphatic carbocycles. The Labute approximate surface area is 148 Å². The highest BCUT2D eigenvalue weighted by molar-refractivity contribution is 9.10. The van der Waals surface area contributed by atoms with Crippen LogP contribution < -0.4 is 10.0 Å². The molecular formula is C15H14BrClN2O3S. The van der Waals surface area contributed by atoms with Gasteiger partial charge in [-0.3, -0.25) is 4.79 Å². The van der Waals surface area contributed by atoms with Crippen LogP contribution in [0, 0.1) is 0 Å². The number of benzene rings is 2. The maximum Gasteiger partial charge on any atom is 0.252 e. The topological polar surface area (TPSA) is 75.3 Å². The van der Waals surface area contributed by atoms with E-state index in [0.717, 1.165) is 0 Å². The minimum Gasteiger partial charge on any atom is -0.351 e. The van der Waals surface area contributed by atoms with Crippen molar-refractivity contribution in [3.05, 3.63) is 63.6 Å². The van der Waals surface area contributed by atoms with E-state index >= 15 is 0 Å². The van der Waals surface area contributed by atoms with E-state index in [1.165, 1.54) is 24.3 Å². The molecule has 8 heteroatoms. The molecule has 0 fully saturated rings. The maximum atomic E-state index is 12.0. The molecule has 0 bridgehead atoms. The van der Waals surface area contributed by atoms with Gasteiger partial charge in [0.25, 0.3) is 5.91 Å². The van der Waals surface area contributed by atoms with Crippen molar-refractivity contribution in [3.63, 3.8) is 0 Å². The molecule has 5 nitrogen and oxygen atoms in total. The highest BCUT2D eigenvalue weighted by Crippen LogP contribution is 2.15. The van der Waals surface area contributed by atoms with Crippen LogP contribution in [0.4, 0.5) is 0 Å². The number of hydrogen-bond donors (Lipinski definition) is 2. The van der Waals surface area contributed by atoms with Crippen LogP contribution in [-0.2, 0) is 10.0 Å². The fraction of sp³-hybridized carbons (Fsp3) is 0.133. The van der Waals surface area contributed by atoms with Crippen LogP contribution in [-0.4, -0.2) is 27.4 Å². The summed E-state index contributed by atoms with van der Waals surface area (Å²) >= 11 is 9.02. The summed E-state index contributed by atoms with van der Waals surface area (Å²) in [5.74, 6) is -0.275. The average Bonchev–Trinajstić information content (AvgIpc) is 2.52. The summed E-state index contributed by atoms with van der Waals surface area (Å²) in [7, 11) is -3.62. The fourth-order valence-electron chi connectivity index (χ4n) is 1.80. The Balaban J connectivity index is 1.86. The Morgan fingerprint density at radius 3 is 2.35 bits per heavy atom. The van der Waals surface area contributed by atoms with E-state index in [1.807, 2.05) is 0 Å². The predicted octanol–water partition coefficient (Wildman–Crippen LogP) is 2.81. The molecule has 2 aromatic carbocycles. The Morgan fingerprint density at radius 2 is 1.70 bits per heavy atom. The van der Waals surface area contributed by atoms with Crippen molar-refractivity contribution >= 4 is 43.5 Å². The van der Waals surface area contributed by atoms with Gasteiger partial charge >= 0.3 is 0 Å². The summed E-state index contributed by atoms with van der Waals surface area (Å²) < 4.78 is 27.2. The SMILES string of the molecule is O=C(NCCNS(=O)(=O)c1ccc(Cl)cc1)c1ccccc1Br. The third-order valence-corrected chi connectivity index (χ3v) is 5.37. The number of carbonyl (C=O) groups excluding carboxylic acids is 1. The molecule has 0 heterocycles. The minimum absolute atomic E-state index is 0.0845. The monoisotopic (exact) mass is 416 g/mol. The van der Waals surface area contributed by atoms with Gasteiger partial charge in [0.15, 0.2) is 0 Å². The van der Waals surface area contributed by atoms with E-state index in [2.05, 4.69) is 26.0 Å². The van der Waals surface area contributed by atoms with Gasteiger partial charge in [0.05, 0.1) is 10.5 Å². The second-order valence-electron chi connectivity index (χ2n) is 4.59. The van der Waals surface area contributed by atoms with Crippen molar-refractivity contribution in [2.45, 2.75) is 4.90 Å². The van der Waals surface area contributed by atoms with Crippen molar-refractivity contribution < 1.29 is 13.2 Å². The molecule has 23 heavy (non-hydrogen) atoms. The Bertz CT molecular complexity index is 795. The molecule has 2 aromatic rings. The quantitative estimate of drug-likeness (QED) is 0.710. The second-order valence-corrected chi connectivity index (χ2v) is 7.65. The average molecular weight is 418 g/mol. The molecule has 0 spiro atoms.